The highest BCUT2D eigenvalue weighted by atomic mass is 35.5. The highest BCUT2D eigenvalue weighted by Gasteiger charge is 2.61. The van der Waals surface area contributed by atoms with Gasteiger partial charge in [-0.1, -0.05) is 31.5 Å². The number of hydrogen-bond donors (Lipinski definition) is 0. The molecule has 6 rings (SSSR count). The molecule has 3 fully saturated rings. The van der Waals surface area contributed by atoms with Gasteiger partial charge in [0.2, 0.25) is 0 Å². The van der Waals surface area contributed by atoms with E-state index in [-0.39, 0.29) is 11.7 Å². The van der Waals surface area contributed by atoms with Crippen molar-refractivity contribution in [2.24, 2.45) is 16.7 Å². The quantitative estimate of drug-likeness (QED) is 0.148. The van der Waals surface area contributed by atoms with Gasteiger partial charge < -0.3 is 18.9 Å². The summed E-state index contributed by atoms with van der Waals surface area (Å²) in [5.41, 5.74) is 4.73. The van der Waals surface area contributed by atoms with Gasteiger partial charge in [0, 0.05) is 23.6 Å². The van der Waals surface area contributed by atoms with Crippen LogP contribution in [-0.4, -0.2) is 32.5 Å². The van der Waals surface area contributed by atoms with Crippen molar-refractivity contribution in [3.8, 4) is 11.5 Å². The van der Waals surface area contributed by atoms with E-state index in [2.05, 4.69) is 55.5 Å². The summed E-state index contributed by atoms with van der Waals surface area (Å²) in [6.07, 6.45) is 18.3. The molecule has 6 atom stereocenters. The van der Waals surface area contributed by atoms with Gasteiger partial charge in [-0.05, 0) is 128 Å². The Morgan fingerprint density at radius 2 is 1.83 bits per heavy atom. The van der Waals surface area contributed by atoms with Crippen molar-refractivity contribution in [3.05, 3.63) is 71.5 Å². The Bertz CT molecular complexity index is 1200. The Morgan fingerprint density at radius 1 is 0.976 bits per heavy atom. The fraction of sp³-hybridized carbons (Fsp3) is 0.622. The van der Waals surface area contributed by atoms with Crippen molar-refractivity contribution in [1.82, 2.24) is 0 Å². The molecule has 2 aromatic carbocycles. The number of methoxy groups -OCH3 is 1. The van der Waals surface area contributed by atoms with Crippen LogP contribution < -0.4 is 9.47 Å². The third-order valence-corrected chi connectivity index (χ3v) is 11.3. The van der Waals surface area contributed by atoms with Crippen LogP contribution in [-0.2, 0) is 15.9 Å². The van der Waals surface area contributed by atoms with Crippen molar-refractivity contribution >= 4 is 11.6 Å². The molecule has 1 saturated heterocycles. The van der Waals surface area contributed by atoms with Crippen LogP contribution in [0.5, 0.6) is 11.5 Å². The highest BCUT2D eigenvalue weighted by molar-refractivity contribution is 6.17. The molecular formula is C37H49ClO4. The summed E-state index contributed by atoms with van der Waals surface area (Å²) in [4.78, 5) is 0. The zero-order chi connectivity index (χ0) is 29.0. The molecule has 0 spiro atoms. The fourth-order valence-electron chi connectivity index (χ4n) is 9.08. The molecule has 0 amide bonds. The van der Waals surface area contributed by atoms with Crippen LogP contribution in [0.25, 0.3) is 0 Å². The fourth-order valence-corrected chi connectivity index (χ4v) is 9.27. The second-order valence-corrected chi connectivity index (χ2v) is 13.8. The number of rotatable bonds is 11. The zero-order valence-corrected chi connectivity index (χ0v) is 26.4. The van der Waals surface area contributed by atoms with Crippen molar-refractivity contribution in [3.63, 3.8) is 0 Å². The topological polar surface area (TPSA) is 36.9 Å². The lowest BCUT2D eigenvalue weighted by Crippen LogP contribution is -2.51. The first-order valence-corrected chi connectivity index (χ1v) is 17.0. The summed E-state index contributed by atoms with van der Waals surface area (Å²) in [6.45, 7) is 4.13. The minimum absolute atomic E-state index is 0.0437. The smallest absolute Gasteiger partial charge is 0.198 e. The van der Waals surface area contributed by atoms with Gasteiger partial charge in [-0.3, -0.25) is 0 Å². The molecular weight excluding hydrogens is 544 g/mol. The summed E-state index contributed by atoms with van der Waals surface area (Å²) in [5.74, 6) is 4.10. The number of ether oxygens (including phenoxy) is 4. The molecule has 0 bridgehead atoms. The van der Waals surface area contributed by atoms with Crippen LogP contribution in [0.15, 0.2) is 54.8 Å². The minimum atomic E-state index is -0.109. The number of benzene rings is 2. The van der Waals surface area contributed by atoms with Crippen LogP contribution in [0.3, 0.4) is 0 Å². The Hall–Kier alpha value is -2.17. The lowest BCUT2D eigenvalue weighted by atomic mass is 9.44. The summed E-state index contributed by atoms with van der Waals surface area (Å²) < 4.78 is 24.0. The van der Waals surface area contributed by atoms with Crippen LogP contribution >= 0.6 is 11.6 Å². The lowest BCUT2D eigenvalue weighted by molar-refractivity contribution is -0.130. The molecule has 2 saturated carbocycles. The molecule has 0 radical (unpaired) electrons. The zero-order valence-electron chi connectivity index (χ0n) is 25.6. The van der Waals surface area contributed by atoms with Crippen molar-refractivity contribution in [1.29, 1.82) is 0 Å². The van der Waals surface area contributed by atoms with Gasteiger partial charge in [-0.25, -0.2) is 0 Å². The van der Waals surface area contributed by atoms with E-state index in [4.69, 9.17) is 30.5 Å². The lowest BCUT2D eigenvalue weighted by Gasteiger charge is -2.60. The molecule has 5 heteroatoms. The van der Waals surface area contributed by atoms with E-state index in [1.54, 1.807) is 7.11 Å². The predicted octanol–water partition coefficient (Wildman–Crippen LogP) is 9.55. The van der Waals surface area contributed by atoms with Gasteiger partial charge in [-0.2, -0.15) is 0 Å². The number of hydrogen-bond acceptors (Lipinski definition) is 4. The SMILES string of the molecule is COc1ccc2c(c1)CC[C@@]1(C=COC3CCCCO3)[C@@H]3CCC[C@@]3(C)C[C@H](c3ccc(OCCCCCCl)cc3)[C@H]21. The van der Waals surface area contributed by atoms with E-state index in [0.717, 1.165) is 75.5 Å². The van der Waals surface area contributed by atoms with Crippen LogP contribution in [0.2, 0.25) is 0 Å². The first-order chi connectivity index (χ1) is 20.6. The van der Waals surface area contributed by atoms with Crippen LogP contribution in [0.4, 0.5) is 0 Å². The maximum atomic E-state index is 6.31. The van der Waals surface area contributed by atoms with Gasteiger partial charge in [0.1, 0.15) is 11.5 Å². The molecule has 4 nitrogen and oxygen atoms in total. The van der Waals surface area contributed by atoms with E-state index < -0.39 is 0 Å². The molecule has 4 aliphatic rings. The predicted molar refractivity (Wildman–Crippen MR) is 170 cm³/mol. The van der Waals surface area contributed by atoms with Crippen molar-refractivity contribution in [2.45, 2.75) is 102 Å². The number of unbranched alkanes of at least 4 members (excludes halogenated alkanes) is 2. The second-order valence-electron chi connectivity index (χ2n) is 13.5. The Balaban J connectivity index is 1.35. The van der Waals surface area contributed by atoms with E-state index >= 15 is 0 Å². The van der Waals surface area contributed by atoms with E-state index in [1.807, 2.05) is 6.26 Å². The van der Waals surface area contributed by atoms with Gasteiger partial charge in [0.05, 0.1) is 26.6 Å². The minimum Gasteiger partial charge on any atom is -0.497 e. The number of fused-ring (bicyclic) bond motifs is 5. The molecule has 0 aromatic heterocycles. The van der Waals surface area contributed by atoms with E-state index in [0.29, 0.717) is 23.2 Å². The van der Waals surface area contributed by atoms with Gasteiger partial charge in [-0.15, -0.1) is 11.6 Å². The molecule has 3 aliphatic carbocycles. The van der Waals surface area contributed by atoms with Crippen molar-refractivity contribution in [2.75, 3.05) is 26.2 Å². The van der Waals surface area contributed by atoms with Crippen LogP contribution in [0, 0.1) is 16.7 Å². The maximum absolute atomic E-state index is 6.31. The molecule has 1 aliphatic heterocycles. The largest absolute Gasteiger partial charge is 0.497 e. The number of aryl methyl sites for hydroxylation is 1. The average molecular weight is 593 g/mol. The Labute approximate surface area is 258 Å². The molecule has 1 heterocycles. The van der Waals surface area contributed by atoms with Crippen molar-refractivity contribution < 1.29 is 18.9 Å². The maximum Gasteiger partial charge on any atom is 0.198 e. The number of alkyl halides is 1. The third kappa shape index (κ3) is 5.95. The Morgan fingerprint density at radius 3 is 2.62 bits per heavy atom. The highest BCUT2D eigenvalue weighted by Crippen LogP contribution is 2.71. The summed E-state index contributed by atoms with van der Waals surface area (Å²) in [6, 6.07) is 15.9. The normalized spacial score (nSPS) is 32.2. The summed E-state index contributed by atoms with van der Waals surface area (Å²) in [7, 11) is 1.77. The standard InChI is InChI=1S/C37H49ClO4/c1-36-18-8-9-33(36)37(20-24-42-34-10-4-7-23-41-34)19-17-28-25-30(39-2)15-16-31(28)35(37)32(26-36)27-11-13-29(14-12-27)40-22-6-3-5-21-38/h11-16,20,24-25,32-35H,3-10,17-19,21-23,26H2,1-2H3/t32-,33-,34?,35+,36+,37-/m1/s1. The first-order valence-electron chi connectivity index (χ1n) is 16.5. The first kappa shape index (κ1) is 29.9. The van der Waals surface area contributed by atoms with E-state index in [1.165, 1.54) is 48.8 Å². The monoisotopic (exact) mass is 592 g/mol. The van der Waals surface area contributed by atoms with Gasteiger partial charge in [0.15, 0.2) is 6.29 Å². The molecule has 2 aromatic rings. The Kier molecular flexibility index (Phi) is 9.41. The van der Waals surface area contributed by atoms with Crippen LogP contribution in [0.1, 0.15) is 106 Å². The molecule has 42 heavy (non-hydrogen) atoms. The number of halogens is 1. The summed E-state index contributed by atoms with van der Waals surface area (Å²) in [5, 5.41) is 0. The van der Waals surface area contributed by atoms with Gasteiger partial charge in [0.25, 0.3) is 0 Å². The number of allylic oxidation sites excluding steroid dienone is 1. The summed E-state index contributed by atoms with van der Waals surface area (Å²) >= 11 is 5.84. The molecule has 0 N–H and O–H groups in total. The van der Waals surface area contributed by atoms with Gasteiger partial charge >= 0.3 is 0 Å². The molecule has 1 unspecified atom stereocenters. The average Bonchev–Trinajstić information content (AvgIpc) is 3.43. The third-order valence-electron chi connectivity index (χ3n) is 11.0. The second kappa shape index (κ2) is 13.2. The van der Waals surface area contributed by atoms with E-state index in [9.17, 15) is 0 Å². The molecule has 228 valence electrons.